The van der Waals surface area contributed by atoms with Crippen LogP contribution >= 0.6 is 24.8 Å². The molecule has 2 radical (unpaired) electrons. The molecule has 0 unspecified atom stereocenters. The van der Waals surface area contributed by atoms with Crippen LogP contribution in [-0.4, -0.2) is 12.1 Å². The third-order valence-corrected chi connectivity index (χ3v) is 4.05. The van der Waals surface area contributed by atoms with Crippen molar-refractivity contribution in [3.05, 3.63) is 122 Å². The molecular weight excluding hydrogens is 547 g/mol. The Bertz CT molecular complexity index is 795. The van der Waals surface area contributed by atoms with Gasteiger partial charge < -0.3 is 14.9 Å². The maximum absolute atomic E-state index is 3.31. The summed E-state index contributed by atoms with van der Waals surface area (Å²) in [6.45, 7) is 4.23. The summed E-state index contributed by atoms with van der Waals surface area (Å²) >= 11 is 3.64. The van der Waals surface area contributed by atoms with Crippen LogP contribution in [0.25, 0.3) is 11.1 Å². The Kier molecular flexibility index (Phi) is 21.7. The van der Waals surface area contributed by atoms with E-state index in [1.165, 1.54) is 33.4 Å². The van der Waals surface area contributed by atoms with E-state index in [2.05, 4.69) is 111 Å². The van der Waals surface area contributed by atoms with Crippen molar-refractivity contribution in [1.82, 2.24) is 0 Å². The molecular formula is C26H30Cl2GeZr-4. The molecule has 0 amide bonds. The molecule has 2 aromatic rings. The number of halogens is 2. The van der Waals surface area contributed by atoms with Crippen LogP contribution in [0.2, 0.25) is 0 Å². The third kappa shape index (κ3) is 11.1. The van der Waals surface area contributed by atoms with Crippen molar-refractivity contribution in [3.8, 4) is 0 Å². The van der Waals surface area contributed by atoms with Crippen LogP contribution in [0.15, 0.2) is 72.8 Å². The molecule has 0 spiro atoms. The Labute approximate surface area is 216 Å². The Hall–Kier alpha value is -0.594. The molecule has 0 N–H and O–H groups in total. The van der Waals surface area contributed by atoms with E-state index >= 15 is 0 Å². The van der Waals surface area contributed by atoms with Crippen LogP contribution in [0.4, 0.5) is 0 Å². The molecule has 30 heavy (non-hydrogen) atoms. The number of allylic oxidation sites excluding steroid dienone is 8. The second-order valence-corrected chi connectivity index (χ2v) is 6.13. The van der Waals surface area contributed by atoms with E-state index in [9.17, 15) is 0 Å². The van der Waals surface area contributed by atoms with E-state index in [-0.39, 0.29) is 39.7 Å². The predicted molar refractivity (Wildman–Crippen MR) is 136 cm³/mol. The van der Waals surface area contributed by atoms with Crippen molar-refractivity contribution in [2.45, 2.75) is 26.7 Å². The summed E-state index contributed by atoms with van der Waals surface area (Å²) in [6, 6.07) is 17.1. The van der Waals surface area contributed by atoms with Crippen molar-refractivity contribution in [2.24, 2.45) is 0 Å². The molecule has 2 aromatic carbocycles. The van der Waals surface area contributed by atoms with Crippen LogP contribution in [0.1, 0.15) is 35.1 Å². The standard InChI is InChI=1S/2C12H11.2CH3.2ClH.Ge.Zr/c2*1-10-5-4-8-12(9-10)11-6-2-3-7-11;;;;;;/h2*2,4-6,8-9H,3H2,1H3;2*1H3;2*1H;;/q4*-1;;;;. The Balaban J connectivity index is -0.000000400. The molecule has 0 fully saturated rings. The van der Waals surface area contributed by atoms with Gasteiger partial charge in [0, 0.05) is 0 Å². The predicted octanol–water partition coefficient (Wildman–Crippen LogP) is 7.64. The van der Waals surface area contributed by atoms with Crippen LogP contribution in [0, 0.1) is 40.9 Å². The molecule has 0 atom stereocenters. The second kappa shape index (κ2) is 19.1. The number of hydrogen-bond donors (Lipinski definition) is 0. The average molecular weight is 577 g/mol. The first-order chi connectivity index (χ1) is 12.7. The van der Waals surface area contributed by atoms with Crippen molar-refractivity contribution in [3.63, 3.8) is 0 Å². The SMILES string of the molecule is Cc1cccc(C2=[C-]CC=C2)c1.Cc1cccc(C2=[C-]CC=C2)c1.Cl.Cl.[CH3-].[CH3-].[Ge]=[Zr]. The molecule has 0 aliphatic heterocycles. The fourth-order valence-corrected chi connectivity index (χ4v) is 2.83. The summed E-state index contributed by atoms with van der Waals surface area (Å²) in [7, 11) is 0. The van der Waals surface area contributed by atoms with Gasteiger partial charge in [-0.05, 0) is 13.8 Å². The van der Waals surface area contributed by atoms with Crippen molar-refractivity contribution in [1.29, 1.82) is 0 Å². The molecule has 0 aromatic heterocycles. The van der Waals surface area contributed by atoms with Gasteiger partial charge in [-0.25, -0.2) is 0 Å². The van der Waals surface area contributed by atoms with Gasteiger partial charge in [0.1, 0.15) is 0 Å². The molecule has 0 nitrogen and oxygen atoms in total. The molecule has 0 heterocycles. The molecule has 2 aliphatic rings. The monoisotopic (exact) mass is 576 g/mol. The van der Waals surface area contributed by atoms with E-state index in [1.54, 1.807) is 21.6 Å². The first-order valence-electron chi connectivity index (χ1n) is 8.66. The molecule has 4 heteroatoms. The summed E-state index contributed by atoms with van der Waals surface area (Å²) in [4.78, 5) is 0. The number of aryl methyl sites for hydroxylation is 2. The van der Waals surface area contributed by atoms with Gasteiger partial charge >= 0.3 is 33.7 Å². The number of benzene rings is 2. The molecule has 2 aliphatic carbocycles. The Morgan fingerprint density at radius 3 is 1.33 bits per heavy atom. The minimum absolute atomic E-state index is 0. The first kappa shape index (κ1) is 34.0. The van der Waals surface area contributed by atoms with Gasteiger partial charge in [0.05, 0.1) is 0 Å². The Morgan fingerprint density at radius 2 is 1.07 bits per heavy atom. The number of rotatable bonds is 2. The normalized spacial score (nSPS) is 12.0. The van der Waals surface area contributed by atoms with Crippen LogP contribution in [0.5, 0.6) is 0 Å². The topological polar surface area (TPSA) is 0 Å². The van der Waals surface area contributed by atoms with Gasteiger partial charge in [-0.3, -0.25) is 0 Å². The van der Waals surface area contributed by atoms with E-state index in [0.717, 1.165) is 12.8 Å². The van der Waals surface area contributed by atoms with Crippen LogP contribution < -0.4 is 0 Å². The zero-order valence-corrected chi connectivity index (χ0v) is 24.3. The average Bonchev–Trinajstić information content (AvgIpc) is 3.38. The number of hydrogen-bond acceptors (Lipinski definition) is 0. The van der Waals surface area contributed by atoms with Gasteiger partial charge in [0.15, 0.2) is 0 Å². The van der Waals surface area contributed by atoms with E-state index in [1.807, 2.05) is 0 Å². The fourth-order valence-electron chi connectivity index (χ4n) is 2.83. The van der Waals surface area contributed by atoms with Gasteiger partial charge in [-0.1, -0.05) is 48.2 Å². The van der Waals surface area contributed by atoms with E-state index in [0.29, 0.717) is 0 Å². The summed E-state index contributed by atoms with van der Waals surface area (Å²) < 4.78 is 0. The molecule has 0 saturated heterocycles. The maximum atomic E-state index is 3.31. The zero-order chi connectivity index (χ0) is 18.8. The van der Waals surface area contributed by atoms with Crippen LogP contribution in [0.3, 0.4) is 0 Å². The van der Waals surface area contributed by atoms with E-state index in [4.69, 9.17) is 0 Å². The van der Waals surface area contributed by atoms with Gasteiger partial charge in [-0.2, -0.15) is 35.5 Å². The van der Waals surface area contributed by atoms with E-state index < -0.39 is 0 Å². The summed E-state index contributed by atoms with van der Waals surface area (Å²) in [6.07, 6.45) is 17.1. The Morgan fingerprint density at radius 1 is 0.700 bits per heavy atom. The molecule has 0 bridgehead atoms. The van der Waals surface area contributed by atoms with Gasteiger partial charge in [0.2, 0.25) is 0 Å². The van der Waals surface area contributed by atoms with Gasteiger partial charge in [0.25, 0.3) is 0 Å². The summed E-state index contributed by atoms with van der Waals surface area (Å²) in [5.41, 5.74) is 7.65. The fraction of sp³-hybridized carbons (Fsp3) is 0.154. The molecule has 4 rings (SSSR count). The van der Waals surface area contributed by atoms with Gasteiger partial charge in [-0.15, -0.1) is 72.4 Å². The minimum atomic E-state index is 0. The first-order valence-corrected chi connectivity index (χ1v) is 16.1. The third-order valence-electron chi connectivity index (χ3n) is 4.05. The van der Waals surface area contributed by atoms with Crippen LogP contribution in [-0.2, 0) is 21.6 Å². The zero-order valence-electron chi connectivity index (χ0n) is 18.2. The quantitative estimate of drug-likeness (QED) is 0.254. The summed E-state index contributed by atoms with van der Waals surface area (Å²) in [5.74, 6) is 0. The van der Waals surface area contributed by atoms with Crippen molar-refractivity contribution >= 4 is 48.1 Å². The second-order valence-electron chi connectivity index (χ2n) is 6.13. The van der Waals surface area contributed by atoms with Crippen molar-refractivity contribution < 1.29 is 21.6 Å². The molecule has 160 valence electrons. The van der Waals surface area contributed by atoms with Crippen molar-refractivity contribution in [2.75, 3.05) is 0 Å². The molecule has 0 saturated carbocycles. The summed E-state index contributed by atoms with van der Waals surface area (Å²) in [5, 5.41) is 0.